The van der Waals surface area contributed by atoms with Gasteiger partial charge in [0, 0.05) is 19.5 Å². The van der Waals surface area contributed by atoms with Gasteiger partial charge < -0.3 is 14.7 Å². The number of carbonyl (C=O) groups excluding carboxylic acids is 1. The van der Waals surface area contributed by atoms with Gasteiger partial charge in [-0.2, -0.15) is 5.06 Å². The van der Waals surface area contributed by atoms with Crippen molar-refractivity contribution in [1.82, 2.24) is 20.6 Å². The maximum atomic E-state index is 11.9. The molecule has 8 nitrogen and oxygen atoms in total. The van der Waals surface area contributed by atoms with E-state index in [9.17, 15) is 9.90 Å². The molecule has 0 fully saturated rings. The van der Waals surface area contributed by atoms with Gasteiger partial charge in [-0.1, -0.05) is 36.0 Å². The number of benzene rings is 1. The molecule has 1 aromatic carbocycles. The number of para-hydroxylation sites is 1. The highest BCUT2D eigenvalue weighted by atomic mass is 35.5. The quantitative estimate of drug-likeness (QED) is 0.330. The Bertz CT molecular complexity index is 799. The SMILES string of the molecule is CC(=O)N(Oc1ccc(=S)[nH]n1)C(C)NCC(O)COc1ccccc1Cl. The number of hydroxylamine groups is 2. The van der Waals surface area contributed by atoms with Crippen LogP contribution in [0.15, 0.2) is 36.4 Å². The van der Waals surface area contributed by atoms with Crippen molar-refractivity contribution in [3.05, 3.63) is 46.1 Å². The first kappa shape index (κ1) is 21.1. The van der Waals surface area contributed by atoms with Crippen molar-refractivity contribution in [2.75, 3.05) is 13.2 Å². The molecule has 27 heavy (non-hydrogen) atoms. The minimum Gasteiger partial charge on any atom is -0.489 e. The van der Waals surface area contributed by atoms with Gasteiger partial charge in [-0.15, -0.1) is 5.10 Å². The van der Waals surface area contributed by atoms with Crippen molar-refractivity contribution in [1.29, 1.82) is 0 Å². The Morgan fingerprint density at radius 1 is 1.41 bits per heavy atom. The number of aromatic nitrogens is 2. The summed E-state index contributed by atoms with van der Waals surface area (Å²) in [5.41, 5.74) is 0. The summed E-state index contributed by atoms with van der Waals surface area (Å²) in [4.78, 5) is 17.3. The molecule has 3 N–H and O–H groups in total. The number of aliphatic hydroxyl groups excluding tert-OH is 1. The average Bonchev–Trinajstić information content (AvgIpc) is 2.64. The van der Waals surface area contributed by atoms with E-state index in [1.165, 1.54) is 6.92 Å². The van der Waals surface area contributed by atoms with Crippen LogP contribution in [0.2, 0.25) is 5.02 Å². The molecule has 146 valence electrons. The molecule has 0 saturated carbocycles. The lowest BCUT2D eigenvalue weighted by Gasteiger charge is -2.28. The molecule has 1 amide bonds. The second kappa shape index (κ2) is 10.2. The molecular formula is C17H21ClN4O4S. The number of hydrogen-bond acceptors (Lipinski definition) is 7. The minimum absolute atomic E-state index is 0.0429. The molecule has 0 bridgehead atoms. The standard InChI is InChI=1S/C17H21ClN4O4S/c1-11(22(12(2)23)26-16-7-8-17(27)21-20-16)19-9-13(24)10-25-15-6-4-3-5-14(15)18/h3-8,11,13,19,24H,9-10H2,1-2H3,(H,21,27). The number of hydrogen-bond donors (Lipinski definition) is 3. The van der Waals surface area contributed by atoms with E-state index in [1.807, 2.05) is 0 Å². The molecule has 2 atom stereocenters. The maximum Gasteiger partial charge on any atom is 0.262 e. The molecule has 0 saturated heterocycles. The van der Waals surface area contributed by atoms with Gasteiger partial charge in [0.05, 0.1) is 5.02 Å². The third-order valence-electron chi connectivity index (χ3n) is 3.42. The van der Waals surface area contributed by atoms with Crippen LogP contribution in [0.5, 0.6) is 11.6 Å². The molecule has 2 aromatic rings. The van der Waals surface area contributed by atoms with Crippen molar-refractivity contribution >= 4 is 29.7 Å². The second-order valence-electron chi connectivity index (χ2n) is 5.68. The largest absolute Gasteiger partial charge is 0.489 e. The van der Waals surface area contributed by atoms with Crippen molar-refractivity contribution < 1.29 is 19.5 Å². The summed E-state index contributed by atoms with van der Waals surface area (Å²) < 4.78 is 5.94. The molecule has 1 aromatic heterocycles. The van der Waals surface area contributed by atoms with E-state index in [1.54, 1.807) is 43.3 Å². The lowest BCUT2D eigenvalue weighted by molar-refractivity contribution is -0.165. The number of nitrogens with one attached hydrogen (secondary N) is 2. The zero-order chi connectivity index (χ0) is 19.8. The molecule has 2 unspecified atom stereocenters. The van der Waals surface area contributed by atoms with Crippen LogP contribution in [-0.2, 0) is 4.79 Å². The maximum absolute atomic E-state index is 11.9. The van der Waals surface area contributed by atoms with Gasteiger partial charge in [0.2, 0.25) is 0 Å². The molecule has 0 aliphatic heterocycles. The van der Waals surface area contributed by atoms with Gasteiger partial charge >= 0.3 is 0 Å². The highest BCUT2D eigenvalue weighted by molar-refractivity contribution is 7.71. The third kappa shape index (κ3) is 6.79. The Morgan fingerprint density at radius 2 is 2.15 bits per heavy atom. The van der Waals surface area contributed by atoms with Crippen LogP contribution in [-0.4, -0.2) is 51.7 Å². The van der Waals surface area contributed by atoms with Crippen LogP contribution < -0.4 is 14.9 Å². The van der Waals surface area contributed by atoms with Crippen LogP contribution in [0.3, 0.4) is 0 Å². The number of nitrogens with zero attached hydrogens (tertiary/aromatic N) is 2. The van der Waals surface area contributed by atoms with Gasteiger partial charge in [-0.25, -0.2) is 0 Å². The Kier molecular flexibility index (Phi) is 7.99. The molecule has 10 heteroatoms. The van der Waals surface area contributed by atoms with Gasteiger partial charge in [-0.3, -0.25) is 15.2 Å². The van der Waals surface area contributed by atoms with E-state index >= 15 is 0 Å². The van der Waals surface area contributed by atoms with E-state index in [0.717, 1.165) is 5.06 Å². The highest BCUT2D eigenvalue weighted by Crippen LogP contribution is 2.23. The van der Waals surface area contributed by atoms with Crippen LogP contribution in [0.1, 0.15) is 13.8 Å². The monoisotopic (exact) mass is 412 g/mol. The van der Waals surface area contributed by atoms with E-state index < -0.39 is 12.3 Å². The van der Waals surface area contributed by atoms with Crippen molar-refractivity contribution in [3.8, 4) is 11.6 Å². The van der Waals surface area contributed by atoms with E-state index in [2.05, 4.69) is 15.5 Å². The lowest BCUT2D eigenvalue weighted by Crippen LogP contribution is -2.50. The first-order chi connectivity index (χ1) is 12.9. The van der Waals surface area contributed by atoms with E-state index in [0.29, 0.717) is 15.4 Å². The van der Waals surface area contributed by atoms with E-state index in [-0.39, 0.29) is 24.9 Å². The van der Waals surface area contributed by atoms with Gasteiger partial charge in [0.15, 0.2) is 0 Å². The zero-order valence-electron chi connectivity index (χ0n) is 14.9. The van der Waals surface area contributed by atoms with Gasteiger partial charge in [0.1, 0.15) is 29.3 Å². The summed E-state index contributed by atoms with van der Waals surface area (Å²) in [7, 11) is 0. The molecule has 0 aliphatic carbocycles. The number of ether oxygens (including phenoxy) is 1. The number of carbonyl (C=O) groups is 1. The van der Waals surface area contributed by atoms with Gasteiger partial charge in [-0.05, 0) is 25.1 Å². The highest BCUT2D eigenvalue weighted by Gasteiger charge is 2.20. The van der Waals surface area contributed by atoms with E-state index in [4.69, 9.17) is 33.4 Å². The van der Waals surface area contributed by atoms with Crippen LogP contribution >= 0.6 is 23.8 Å². The Balaban J connectivity index is 1.84. The molecule has 1 heterocycles. The van der Waals surface area contributed by atoms with Crippen molar-refractivity contribution in [2.45, 2.75) is 26.1 Å². The van der Waals surface area contributed by atoms with Crippen LogP contribution in [0, 0.1) is 4.64 Å². The number of rotatable bonds is 9. The second-order valence-corrected chi connectivity index (χ2v) is 6.52. The minimum atomic E-state index is -0.816. The summed E-state index contributed by atoms with van der Waals surface area (Å²) in [6, 6.07) is 10.2. The third-order valence-corrected chi connectivity index (χ3v) is 3.96. The fourth-order valence-electron chi connectivity index (χ4n) is 2.10. The Labute approximate surface area is 167 Å². The van der Waals surface area contributed by atoms with Gasteiger partial charge in [0.25, 0.3) is 11.8 Å². The zero-order valence-corrected chi connectivity index (χ0v) is 16.5. The Hall–Kier alpha value is -2.20. The fraction of sp³-hybridized carbons (Fsp3) is 0.353. The van der Waals surface area contributed by atoms with Crippen molar-refractivity contribution in [3.63, 3.8) is 0 Å². The number of halogens is 1. The molecule has 0 aliphatic rings. The smallest absolute Gasteiger partial charge is 0.262 e. The summed E-state index contributed by atoms with van der Waals surface area (Å²) >= 11 is 10.9. The fourth-order valence-corrected chi connectivity index (χ4v) is 2.40. The molecular weight excluding hydrogens is 392 g/mol. The number of amides is 1. The summed E-state index contributed by atoms with van der Waals surface area (Å²) in [6.45, 7) is 3.29. The first-order valence-corrected chi connectivity index (χ1v) is 8.97. The van der Waals surface area contributed by atoms with Crippen LogP contribution in [0.25, 0.3) is 0 Å². The van der Waals surface area contributed by atoms with Crippen molar-refractivity contribution in [2.24, 2.45) is 0 Å². The van der Waals surface area contributed by atoms with Crippen LogP contribution in [0.4, 0.5) is 0 Å². The summed E-state index contributed by atoms with van der Waals surface area (Å²) in [5, 5.41) is 21.2. The summed E-state index contributed by atoms with van der Waals surface area (Å²) in [6.07, 6.45) is -1.34. The normalized spacial score (nSPS) is 12.9. The molecule has 0 radical (unpaired) electrons. The predicted octanol–water partition coefficient (Wildman–Crippen LogP) is 2.31. The summed E-state index contributed by atoms with van der Waals surface area (Å²) in [5.74, 6) is 0.351. The topological polar surface area (TPSA) is 99.7 Å². The lowest BCUT2D eigenvalue weighted by atomic mass is 10.3. The number of aromatic amines is 1. The Morgan fingerprint density at radius 3 is 2.78 bits per heavy atom. The average molecular weight is 413 g/mol. The first-order valence-electron chi connectivity index (χ1n) is 8.19. The molecule has 0 spiro atoms. The number of H-pyrrole nitrogens is 1. The number of aliphatic hydroxyl groups is 1. The predicted molar refractivity (Wildman–Crippen MR) is 103 cm³/mol. The molecule has 2 rings (SSSR count).